The lowest BCUT2D eigenvalue weighted by Crippen LogP contribution is -2.21. The smallest absolute Gasteiger partial charge is 0.144 e. The van der Waals surface area contributed by atoms with E-state index in [9.17, 15) is 5.26 Å². The molecule has 1 aromatic rings. The minimum Gasteiger partial charge on any atom is -0.378 e. The fourth-order valence-electron chi connectivity index (χ4n) is 2.38. The van der Waals surface area contributed by atoms with E-state index < -0.39 is 0 Å². The van der Waals surface area contributed by atoms with Crippen LogP contribution in [0.3, 0.4) is 0 Å². The van der Waals surface area contributed by atoms with Crippen molar-refractivity contribution < 1.29 is 4.74 Å². The number of nitrogens with zero attached hydrogens (tertiary/aromatic N) is 2. The van der Waals surface area contributed by atoms with Gasteiger partial charge in [0.25, 0.3) is 0 Å². The fourth-order valence-corrected chi connectivity index (χ4v) is 2.38. The first-order valence-corrected chi connectivity index (χ1v) is 6.35. The summed E-state index contributed by atoms with van der Waals surface area (Å²) in [5, 5.41) is 12.5. The molecule has 18 heavy (non-hydrogen) atoms. The lowest BCUT2D eigenvalue weighted by atomic mass is 10.0. The van der Waals surface area contributed by atoms with Crippen LogP contribution in [0.4, 0.5) is 5.82 Å². The Labute approximate surface area is 108 Å². The molecule has 0 saturated carbocycles. The van der Waals surface area contributed by atoms with Crippen LogP contribution in [-0.4, -0.2) is 24.2 Å². The summed E-state index contributed by atoms with van der Waals surface area (Å²) in [4.78, 5) is 4.42. The number of aromatic nitrogens is 1. The van der Waals surface area contributed by atoms with Crippen LogP contribution in [0.1, 0.15) is 30.2 Å². The van der Waals surface area contributed by atoms with Gasteiger partial charge in [0, 0.05) is 24.8 Å². The first-order valence-electron chi connectivity index (χ1n) is 6.35. The number of anilines is 1. The summed E-state index contributed by atoms with van der Waals surface area (Å²) in [7, 11) is 0. The van der Waals surface area contributed by atoms with Crippen molar-refractivity contribution in [2.45, 2.75) is 33.3 Å². The number of rotatable bonds is 3. The van der Waals surface area contributed by atoms with Gasteiger partial charge in [-0.15, -0.1) is 0 Å². The van der Waals surface area contributed by atoms with Gasteiger partial charge in [-0.1, -0.05) is 0 Å². The van der Waals surface area contributed by atoms with Crippen molar-refractivity contribution in [2.24, 2.45) is 5.92 Å². The third-order valence-corrected chi connectivity index (χ3v) is 3.52. The van der Waals surface area contributed by atoms with Crippen molar-refractivity contribution >= 4 is 5.82 Å². The zero-order valence-corrected chi connectivity index (χ0v) is 11.2. The van der Waals surface area contributed by atoms with Crippen LogP contribution in [-0.2, 0) is 4.74 Å². The average molecular weight is 245 g/mol. The molecule has 96 valence electrons. The van der Waals surface area contributed by atoms with Crippen LogP contribution in [0.2, 0.25) is 0 Å². The highest BCUT2D eigenvalue weighted by Gasteiger charge is 2.24. The van der Waals surface area contributed by atoms with Gasteiger partial charge in [0.1, 0.15) is 11.9 Å². The van der Waals surface area contributed by atoms with Crippen LogP contribution >= 0.6 is 0 Å². The number of aryl methyl sites for hydroxylation is 2. The Kier molecular flexibility index (Phi) is 3.83. The van der Waals surface area contributed by atoms with Crippen LogP contribution in [0.5, 0.6) is 0 Å². The largest absolute Gasteiger partial charge is 0.378 e. The molecule has 1 aromatic heterocycles. The summed E-state index contributed by atoms with van der Waals surface area (Å²) in [6.07, 6.45) is 1.36. The van der Waals surface area contributed by atoms with E-state index in [2.05, 4.69) is 23.3 Å². The van der Waals surface area contributed by atoms with Crippen molar-refractivity contribution in [3.8, 4) is 6.07 Å². The molecule has 2 rings (SSSR count). The van der Waals surface area contributed by atoms with Crippen molar-refractivity contribution in [1.82, 2.24) is 4.98 Å². The van der Waals surface area contributed by atoms with Gasteiger partial charge in [0.15, 0.2) is 0 Å². The molecule has 2 atom stereocenters. The fraction of sp³-hybridized carbons (Fsp3) is 0.571. The van der Waals surface area contributed by atoms with Gasteiger partial charge in [-0.05, 0) is 38.8 Å². The zero-order valence-electron chi connectivity index (χ0n) is 11.2. The highest BCUT2D eigenvalue weighted by atomic mass is 16.5. The van der Waals surface area contributed by atoms with E-state index in [0.29, 0.717) is 17.3 Å². The second-order valence-electron chi connectivity index (χ2n) is 4.92. The molecule has 0 bridgehead atoms. The van der Waals surface area contributed by atoms with Crippen molar-refractivity contribution in [1.29, 1.82) is 5.26 Å². The van der Waals surface area contributed by atoms with Gasteiger partial charge < -0.3 is 10.1 Å². The van der Waals surface area contributed by atoms with E-state index in [1.54, 1.807) is 0 Å². The van der Waals surface area contributed by atoms with Gasteiger partial charge in [-0.3, -0.25) is 0 Å². The third kappa shape index (κ3) is 2.62. The number of hydrogen-bond donors (Lipinski definition) is 1. The minimum atomic E-state index is 0.286. The SMILES string of the molecule is Cc1cc(C)c(C#N)c(NCC2CCOC2C)n1. The summed E-state index contributed by atoms with van der Waals surface area (Å²) < 4.78 is 5.53. The van der Waals surface area contributed by atoms with E-state index in [4.69, 9.17) is 4.74 Å². The van der Waals surface area contributed by atoms with Gasteiger partial charge in [0.2, 0.25) is 0 Å². The maximum absolute atomic E-state index is 9.18. The molecule has 0 aliphatic carbocycles. The molecule has 4 nitrogen and oxygen atoms in total. The van der Waals surface area contributed by atoms with E-state index in [-0.39, 0.29) is 6.10 Å². The number of nitriles is 1. The summed E-state index contributed by atoms with van der Waals surface area (Å²) in [6.45, 7) is 7.63. The highest BCUT2D eigenvalue weighted by molar-refractivity contribution is 5.56. The van der Waals surface area contributed by atoms with Crippen LogP contribution < -0.4 is 5.32 Å². The lowest BCUT2D eigenvalue weighted by molar-refractivity contribution is 0.108. The lowest BCUT2D eigenvalue weighted by Gasteiger charge is -2.16. The summed E-state index contributed by atoms with van der Waals surface area (Å²) >= 11 is 0. The molecular formula is C14H19N3O. The van der Waals surface area contributed by atoms with E-state index in [1.165, 1.54) is 0 Å². The van der Waals surface area contributed by atoms with Crippen molar-refractivity contribution in [3.05, 3.63) is 22.9 Å². The normalized spacial score (nSPS) is 22.8. The standard InChI is InChI=1S/C14H19N3O/c1-9-6-10(2)17-14(13(9)7-15)16-8-12-4-5-18-11(12)3/h6,11-12H,4-5,8H2,1-3H3,(H,16,17). The Hall–Kier alpha value is -1.60. The Morgan fingerprint density at radius 1 is 1.56 bits per heavy atom. The summed E-state index contributed by atoms with van der Waals surface area (Å²) in [5.74, 6) is 1.20. The Morgan fingerprint density at radius 3 is 2.94 bits per heavy atom. The molecular weight excluding hydrogens is 226 g/mol. The number of ether oxygens (including phenoxy) is 1. The van der Waals surface area contributed by atoms with Crippen LogP contribution in [0, 0.1) is 31.1 Å². The van der Waals surface area contributed by atoms with E-state index in [0.717, 1.165) is 30.8 Å². The van der Waals surface area contributed by atoms with Crippen molar-refractivity contribution in [2.75, 3.05) is 18.5 Å². The van der Waals surface area contributed by atoms with E-state index >= 15 is 0 Å². The molecule has 0 amide bonds. The summed E-state index contributed by atoms with van der Waals surface area (Å²) in [5.41, 5.74) is 2.56. The molecule has 2 heterocycles. The first-order chi connectivity index (χ1) is 8.61. The summed E-state index contributed by atoms with van der Waals surface area (Å²) in [6, 6.07) is 4.16. The maximum Gasteiger partial charge on any atom is 0.144 e. The Balaban J connectivity index is 2.11. The van der Waals surface area contributed by atoms with Gasteiger partial charge in [-0.2, -0.15) is 5.26 Å². The molecule has 2 unspecified atom stereocenters. The highest BCUT2D eigenvalue weighted by Crippen LogP contribution is 2.22. The molecule has 1 N–H and O–H groups in total. The van der Waals surface area contributed by atoms with E-state index in [1.807, 2.05) is 19.9 Å². The molecule has 1 fully saturated rings. The quantitative estimate of drug-likeness (QED) is 0.888. The Bertz CT molecular complexity index is 479. The zero-order chi connectivity index (χ0) is 13.1. The molecule has 4 heteroatoms. The molecule has 1 saturated heterocycles. The second kappa shape index (κ2) is 5.36. The number of pyridine rings is 1. The molecule has 0 aromatic carbocycles. The Morgan fingerprint density at radius 2 is 2.33 bits per heavy atom. The van der Waals surface area contributed by atoms with Gasteiger partial charge in [0.05, 0.1) is 11.7 Å². The van der Waals surface area contributed by atoms with Gasteiger partial charge in [-0.25, -0.2) is 4.98 Å². The predicted octanol–water partition coefficient (Wildman–Crippen LogP) is 2.41. The van der Waals surface area contributed by atoms with Crippen LogP contribution in [0.15, 0.2) is 6.07 Å². The predicted molar refractivity (Wildman–Crippen MR) is 70.4 cm³/mol. The molecule has 0 spiro atoms. The molecule has 1 aliphatic heterocycles. The van der Waals surface area contributed by atoms with Crippen LogP contribution in [0.25, 0.3) is 0 Å². The molecule has 0 radical (unpaired) electrons. The first kappa shape index (κ1) is 12.8. The topological polar surface area (TPSA) is 57.9 Å². The number of hydrogen-bond acceptors (Lipinski definition) is 4. The minimum absolute atomic E-state index is 0.286. The number of nitrogens with one attached hydrogen (secondary N) is 1. The average Bonchev–Trinajstić information content (AvgIpc) is 2.71. The monoisotopic (exact) mass is 245 g/mol. The second-order valence-corrected chi connectivity index (χ2v) is 4.92. The van der Waals surface area contributed by atoms with Crippen molar-refractivity contribution in [3.63, 3.8) is 0 Å². The molecule has 1 aliphatic rings. The van der Waals surface area contributed by atoms with Gasteiger partial charge >= 0.3 is 0 Å². The third-order valence-electron chi connectivity index (χ3n) is 3.52. The maximum atomic E-state index is 9.18.